The highest BCUT2D eigenvalue weighted by atomic mass is 35.5. The van der Waals surface area contributed by atoms with Gasteiger partial charge >= 0.3 is 24.3 Å². The number of nitrogens with zero attached hydrogens (tertiary/aromatic N) is 1. The molecule has 7 nitrogen and oxygen atoms in total. The summed E-state index contributed by atoms with van der Waals surface area (Å²) in [6.07, 6.45) is -8.13. The molecule has 0 radical (unpaired) electrons. The molecule has 0 aliphatic heterocycles. The van der Waals surface area contributed by atoms with Crippen molar-refractivity contribution >= 4 is 34.4 Å². The number of nitrogens with one attached hydrogen (secondary N) is 1. The zero-order chi connectivity index (χ0) is 37.5. The third-order valence-corrected chi connectivity index (χ3v) is 8.87. The van der Waals surface area contributed by atoms with Gasteiger partial charge in [0.2, 0.25) is 0 Å². The molecule has 1 unspecified atom stereocenters. The number of hydrogen-bond donors (Lipinski definition) is 1. The minimum Gasteiger partial charge on any atom is -0.490 e. The summed E-state index contributed by atoms with van der Waals surface area (Å²) in [6, 6.07) is 29.6. The van der Waals surface area contributed by atoms with Gasteiger partial charge in [0.1, 0.15) is 5.75 Å². The third-order valence-electron chi connectivity index (χ3n) is 8.42. The lowest BCUT2D eigenvalue weighted by molar-refractivity contribution is -0.201. The fraction of sp³-hybridized carbons (Fsp3) is 0.263. The van der Waals surface area contributed by atoms with Crippen LogP contribution in [0.4, 0.5) is 26.3 Å². The normalized spacial score (nSPS) is 12.8. The van der Waals surface area contributed by atoms with Crippen LogP contribution in [0.15, 0.2) is 109 Å². The van der Waals surface area contributed by atoms with Crippen molar-refractivity contribution in [1.29, 1.82) is 0 Å². The number of ether oxygens (including phenoxy) is 2. The highest BCUT2D eigenvalue weighted by molar-refractivity contribution is 6.32. The van der Waals surface area contributed by atoms with Crippen LogP contribution in [0.5, 0.6) is 5.75 Å². The lowest BCUT2D eigenvalue weighted by Gasteiger charge is -2.36. The fourth-order valence-electron chi connectivity index (χ4n) is 5.93. The van der Waals surface area contributed by atoms with E-state index in [1.54, 1.807) is 30.3 Å². The molecule has 5 aromatic rings. The summed E-state index contributed by atoms with van der Waals surface area (Å²) in [6.45, 7) is 1.43. The summed E-state index contributed by atoms with van der Waals surface area (Å²) in [5, 5.41) is 3.71. The maximum atomic E-state index is 13.8. The number of aromatic nitrogens is 1. The van der Waals surface area contributed by atoms with Gasteiger partial charge in [-0.3, -0.25) is 0 Å². The van der Waals surface area contributed by atoms with Gasteiger partial charge in [-0.25, -0.2) is 9.59 Å². The Morgan fingerprint density at radius 3 is 2.08 bits per heavy atom. The van der Waals surface area contributed by atoms with E-state index in [4.69, 9.17) is 21.2 Å². The first-order chi connectivity index (χ1) is 24.7. The first-order valence-corrected chi connectivity index (χ1v) is 16.4. The van der Waals surface area contributed by atoms with E-state index < -0.39 is 41.9 Å². The van der Waals surface area contributed by atoms with Crippen LogP contribution >= 0.6 is 11.6 Å². The average Bonchev–Trinajstić information content (AvgIpc) is 3.52. The zero-order valence-corrected chi connectivity index (χ0v) is 28.4. The summed E-state index contributed by atoms with van der Waals surface area (Å²) >= 11 is 6.42. The van der Waals surface area contributed by atoms with Gasteiger partial charge in [0.05, 0.1) is 22.2 Å². The summed E-state index contributed by atoms with van der Waals surface area (Å²) in [4.78, 5) is 28.0. The molecule has 52 heavy (non-hydrogen) atoms. The number of carbonyl (C=O) groups is 2. The maximum Gasteiger partial charge on any atom is 0.490 e. The molecule has 5 rings (SSSR count). The van der Waals surface area contributed by atoms with Crippen LogP contribution in [0.25, 0.3) is 10.9 Å². The summed E-state index contributed by atoms with van der Waals surface area (Å²) in [7, 11) is 0. The Morgan fingerprint density at radius 2 is 1.46 bits per heavy atom. The highest BCUT2D eigenvalue weighted by Gasteiger charge is 2.41. The van der Waals surface area contributed by atoms with Gasteiger partial charge in [-0.2, -0.15) is 31.1 Å². The number of benzene rings is 4. The average molecular weight is 747 g/mol. The Balaban J connectivity index is 1.29. The molecular formula is C38H33ClF6N2O5. The number of carbonyl (C=O) groups excluding carboxylic acids is 2. The Morgan fingerprint density at radius 1 is 0.827 bits per heavy atom. The monoisotopic (exact) mass is 746 g/mol. The van der Waals surface area contributed by atoms with E-state index in [9.17, 15) is 35.9 Å². The zero-order valence-electron chi connectivity index (χ0n) is 27.6. The van der Waals surface area contributed by atoms with Crippen LogP contribution in [0.1, 0.15) is 35.6 Å². The Hall–Kier alpha value is -5.01. The number of hydrogen-bond acceptors (Lipinski definition) is 6. The van der Waals surface area contributed by atoms with Crippen LogP contribution in [0.3, 0.4) is 0 Å². The molecule has 1 N–H and O–H groups in total. The van der Waals surface area contributed by atoms with Crippen molar-refractivity contribution in [2.75, 3.05) is 19.7 Å². The predicted molar refractivity (Wildman–Crippen MR) is 182 cm³/mol. The molecule has 0 saturated carbocycles. The molecule has 1 heterocycles. The van der Waals surface area contributed by atoms with Crippen LogP contribution in [-0.2, 0) is 32.3 Å². The molecule has 0 saturated heterocycles. The van der Waals surface area contributed by atoms with Gasteiger partial charge in [0.15, 0.2) is 6.61 Å². The van der Waals surface area contributed by atoms with Crippen molar-refractivity contribution in [2.24, 2.45) is 0 Å². The van der Waals surface area contributed by atoms with Gasteiger partial charge in [0.25, 0.3) is 0 Å². The summed E-state index contributed by atoms with van der Waals surface area (Å²) in [5.74, 6) is -3.28. The number of esters is 1. The van der Waals surface area contributed by atoms with Crippen molar-refractivity contribution in [3.63, 3.8) is 0 Å². The number of rotatable bonds is 14. The number of halogens is 7. The minimum atomic E-state index is -5.24. The molecule has 274 valence electrons. The number of fused-ring (bicyclic) bond motifs is 1. The van der Waals surface area contributed by atoms with Crippen LogP contribution in [-0.4, -0.2) is 48.6 Å². The van der Waals surface area contributed by atoms with Crippen LogP contribution in [0.2, 0.25) is 5.02 Å². The van der Waals surface area contributed by atoms with Crippen LogP contribution < -0.4 is 14.9 Å². The molecule has 0 fully saturated rings. The number of alkyl halides is 6. The van der Waals surface area contributed by atoms with E-state index in [2.05, 4.69) is 10.1 Å². The molecule has 1 atom stereocenters. The molecule has 0 aliphatic carbocycles. The second-order valence-electron chi connectivity index (χ2n) is 12.0. The largest absolute Gasteiger partial charge is 0.490 e. The first kappa shape index (κ1) is 38.2. The quantitative estimate of drug-likeness (QED) is 0.0700. The molecule has 0 spiro atoms. The standard InChI is InChI=1S/C38H33ClF6N2O5/c1-25(51-32-17-9-16-31-29(32)19-21-47(31)52-33(48)23-50-35(49)38(43,44)45)18-20-46-24-36(27-11-4-2-5-12-27,28-13-6-3-7-14-28)22-26-10-8-15-30(34(26)39)37(40,41)42/h2-17,19,21,25,46H,18,20,22-24H2,1H3. The van der Waals surface area contributed by atoms with Crippen molar-refractivity contribution in [2.45, 2.75) is 43.6 Å². The van der Waals surface area contributed by atoms with Gasteiger partial charge in [-0.05, 0) is 67.3 Å². The highest BCUT2D eigenvalue weighted by Crippen LogP contribution is 2.41. The van der Waals surface area contributed by atoms with Crippen molar-refractivity contribution in [3.05, 3.63) is 137 Å². The summed E-state index contributed by atoms with van der Waals surface area (Å²) < 4.78 is 89.8. The molecule has 0 amide bonds. The lowest BCUT2D eigenvalue weighted by Crippen LogP contribution is -2.42. The van der Waals surface area contributed by atoms with Gasteiger partial charge < -0.3 is 19.6 Å². The molecule has 0 aliphatic rings. The van der Waals surface area contributed by atoms with E-state index >= 15 is 0 Å². The van der Waals surface area contributed by atoms with E-state index in [0.717, 1.165) is 21.9 Å². The maximum absolute atomic E-state index is 13.8. The van der Waals surface area contributed by atoms with Crippen LogP contribution in [0, 0.1) is 0 Å². The molecule has 1 aromatic heterocycles. The summed E-state index contributed by atoms with van der Waals surface area (Å²) in [5.41, 5.74) is 0.814. The SMILES string of the molecule is CC(CCNCC(Cc1cccc(C(F)(F)F)c1Cl)(c1ccccc1)c1ccccc1)Oc1cccc2c1ccn2OC(=O)COC(=O)C(F)(F)F. The van der Waals surface area contributed by atoms with Crippen molar-refractivity contribution in [3.8, 4) is 5.75 Å². The second-order valence-corrected chi connectivity index (χ2v) is 12.4. The van der Waals surface area contributed by atoms with E-state index in [-0.39, 0.29) is 17.5 Å². The molecular weight excluding hydrogens is 714 g/mol. The van der Waals surface area contributed by atoms with E-state index in [1.807, 2.05) is 67.6 Å². The topological polar surface area (TPSA) is 78.8 Å². The third kappa shape index (κ3) is 9.07. The molecule has 4 aromatic carbocycles. The van der Waals surface area contributed by atoms with Gasteiger partial charge in [-0.15, -0.1) is 0 Å². The minimum absolute atomic E-state index is 0.178. The molecule has 0 bridgehead atoms. The predicted octanol–water partition coefficient (Wildman–Crippen LogP) is 8.35. The Kier molecular flexibility index (Phi) is 11.9. The van der Waals surface area contributed by atoms with Crippen molar-refractivity contribution < 1.29 is 50.2 Å². The Bertz CT molecular complexity index is 1940. The van der Waals surface area contributed by atoms with Gasteiger partial charge in [-0.1, -0.05) is 90.5 Å². The van der Waals surface area contributed by atoms with Crippen molar-refractivity contribution in [1.82, 2.24) is 10.0 Å². The lowest BCUT2D eigenvalue weighted by atomic mass is 9.70. The van der Waals surface area contributed by atoms with E-state index in [1.165, 1.54) is 12.3 Å². The Labute approximate surface area is 300 Å². The molecule has 14 heteroatoms. The smallest absolute Gasteiger partial charge is 0.490 e. The second kappa shape index (κ2) is 16.1. The van der Waals surface area contributed by atoms with E-state index in [0.29, 0.717) is 41.7 Å². The van der Waals surface area contributed by atoms with Gasteiger partial charge in [0, 0.05) is 23.5 Å². The fourth-order valence-corrected chi connectivity index (χ4v) is 6.23. The first-order valence-electron chi connectivity index (χ1n) is 16.1.